The lowest BCUT2D eigenvalue weighted by Crippen LogP contribution is -2.14. The van der Waals surface area contributed by atoms with E-state index in [1.807, 2.05) is 6.07 Å². The van der Waals surface area contributed by atoms with Crippen molar-refractivity contribution >= 4 is 21.6 Å². The number of amides is 1. The molecule has 0 fully saturated rings. The molecule has 0 aliphatic heterocycles. The molecule has 0 aromatic heterocycles. The van der Waals surface area contributed by atoms with Crippen LogP contribution >= 0.6 is 0 Å². The molecule has 0 saturated heterocycles. The van der Waals surface area contributed by atoms with Gasteiger partial charge in [0.25, 0.3) is 5.91 Å². The highest BCUT2D eigenvalue weighted by atomic mass is 32.2. The molecule has 2 aromatic rings. The Morgan fingerprint density at radius 3 is 2.38 bits per heavy atom. The van der Waals surface area contributed by atoms with Crippen LogP contribution in [-0.4, -0.2) is 14.3 Å². The first kappa shape index (κ1) is 14.7. The number of hydrogen-bond acceptors (Lipinski definition) is 4. The Balaban J connectivity index is 2.18. The van der Waals surface area contributed by atoms with Gasteiger partial charge in [-0.05, 0) is 42.5 Å². The normalized spacial score (nSPS) is 10.7. The molecule has 1 amide bonds. The second-order valence-electron chi connectivity index (χ2n) is 4.22. The summed E-state index contributed by atoms with van der Waals surface area (Å²) in [6, 6.07) is 13.7. The standard InChI is InChI=1S/C14H11N3O3S/c15-9-10-2-1-3-11(8-10)14(18)17-12-4-6-13(7-5-12)21(16,19)20/h1-8H,(H,17,18)(H2,16,19,20). The first-order valence-electron chi connectivity index (χ1n) is 5.84. The van der Waals surface area contributed by atoms with Gasteiger partial charge < -0.3 is 5.32 Å². The average molecular weight is 301 g/mol. The molecule has 0 aliphatic carbocycles. The molecule has 2 aromatic carbocycles. The van der Waals surface area contributed by atoms with E-state index in [-0.39, 0.29) is 4.90 Å². The number of primary sulfonamides is 1. The third-order valence-electron chi connectivity index (χ3n) is 2.69. The van der Waals surface area contributed by atoms with Crippen LogP contribution in [0.3, 0.4) is 0 Å². The van der Waals surface area contributed by atoms with Crippen molar-refractivity contribution in [3.63, 3.8) is 0 Å². The summed E-state index contributed by atoms with van der Waals surface area (Å²) >= 11 is 0. The van der Waals surface area contributed by atoms with Gasteiger partial charge in [0.2, 0.25) is 10.0 Å². The van der Waals surface area contributed by atoms with Crippen molar-refractivity contribution in [3.05, 3.63) is 59.7 Å². The van der Waals surface area contributed by atoms with E-state index in [0.717, 1.165) is 0 Å². The third-order valence-corrected chi connectivity index (χ3v) is 3.62. The van der Waals surface area contributed by atoms with E-state index in [2.05, 4.69) is 5.32 Å². The summed E-state index contributed by atoms with van der Waals surface area (Å²) in [6.45, 7) is 0. The molecule has 0 aliphatic rings. The van der Waals surface area contributed by atoms with Gasteiger partial charge in [-0.3, -0.25) is 4.79 Å². The zero-order valence-electron chi connectivity index (χ0n) is 10.8. The van der Waals surface area contributed by atoms with Crippen LogP contribution in [0.25, 0.3) is 0 Å². The number of nitrogens with two attached hydrogens (primary N) is 1. The molecule has 7 heteroatoms. The number of nitrogens with one attached hydrogen (secondary N) is 1. The molecule has 3 N–H and O–H groups in total. The van der Waals surface area contributed by atoms with Crippen LogP contribution in [0.5, 0.6) is 0 Å². The van der Waals surface area contributed by atoms with E-state index in [1.165, 1.54) is 30.3 Å². The molecule has 21 heavy (non-hydrogen) atoms. The van der Waals surface area contributed by atoms with E-state index in [4.69, 9.17) is 10.4 Å². The zero-order valence-corrected chi connectivity index (χ0v) is 11.6. The number of carbonyl (C=O) groups excluding carboxylic acids is 1. The maximum atomic E-state index is 12.0. The second-order valence-corrected chi connectivity index (χ2v) is 5.78. The quantitative estimate of drug-likeness (QED) is 0.893. The van der Waals surface area contributed by atoms with Gasteiger partial charge >= 0.3 is 0 Å². The smallest absolute Gasteiger partial charge is 0.255 e. The van der Waals surface area contributed by atoms with Gasteiger partial charge in [0.1, 0.15) is 0 Å². The van der Waals surface area contributed by atoms with Gasteiger partial charge in [-0.2, -0.15) is 5.26 Å². The summed E-state index contributed by atoms with van der Waals surface area (Å²) in [6.07, 6.45) is 0. The van der Waals surface area contributed by atoms with Crippen LogP contribution in [-0.2, 0) is 10.0 Å². The minimum atomic E-state index is -3.76. The Morgan fingerprint density at radius 1 is 1.14 bits per heavy atom. The Kier molecular flexibility index (Phi) is 4.03. The molecular weight excluding hydrogens is 290 g/mol. The summed E-state index contributed by atoms with van der Waals surface area (Å²) in [4.78, 5) is 12.0. The lowest BCUT2D eigenvalue weighted by atomic mass is 10.1. The highest BCUT2D eigenvalue weighted by Crippen LogP contribution is 2.14. The zero-order chi connectivity index (χ0) is 15.5. The number of sulfonamides is 1. The number of hydrogen-bond donors (Lipinski definition) is 2. The molecule has 0 atom stereocenters. The largest absolute Gasteiger partial charge is 0.322 e. The van der Waals surface area contributed by atoms with Gasteiger partial charge in [0.05, 0.1) is 16.5 Å². The minimum Gasteiger partial charge on any atom is -0.322 e. The molecule has 0 spiro atoms. The van der Waals surface area contributed by atoms with Crippen molar-refractivity contribution < 1.29 is 13.2 Å². The highest BCUT2D eigenvalue weighted by Gasteiger charge is 2.09. The molecule has 0 unspecified atom stereocenters. The number of carbonyl (C=O) groups is 1. The van der Waals surface area contributed by atoms with Crippen LogP contribution in [0.4, 0.5) is 5.69 Å². The molecule has 0 radical (unpaired) electrons. The van der Waals surface area contributed by atoms with Crippen LogP contribution in [0, 0.1) is 11.3 Å². The number of benzene rings is 2. The average Bonchev–Trinajstić information content (AvgIpc) is 2.47. The molecular formula is C14H11N3O3S. The lowest BCUT2D eigenvalue weighted by Gasteiger charge is -2.06. The Bertz CT molecular complexity index is 821. The molecule has 0 saturated carbocycles. The van der Waals surface area contributed by atoms with Crippen LogP contribution in [0.15, 0.2) is 53.4 Å². The summed E-state index contributed by atoms with van der Waals surface area (Å²) in [5, 5.41) is 16.4. The number of nitriles is 1. The summed E-state index contributed by atoms with van der Waals surface area (Å²) < 4.78 is 22.2. The van der Waals surface area contributed by atoms with Gasteiger partial charge in [-0.15, -0.1) is 0 Å². The molecule has 106 valence electrons. The second kappa shape index (κ2) is 5.75. The van der Waals surface area contributed by atoms with E-state index >= 15 is 0 Å². The fourth-order valence-electron chi connectivity index (χ4n) is 1.66. The van der Waals surface area contributed by atoms with Gasteiger partial charge in [-0.25, -0.2) is 13.6 Å². The van der Waals surface area contributed by atoms with Crippen molar-refractivity contribution in [1.29, 1.82) is 5.26 Å². The Labute approximate surface area is 121 Å². The lowest BCUT2D eigenvalue weighted by molar-refractivity contribution is 0.102. The topological polar surface area (TPSA) is 113 Å². The fourth-order valence-corrected chi connectivity index (χ4v) is 2.18. The van der Waals surface area contributed by atoms with Crippen molar-refractivity contribution in [2.75, 3.05) is 5.32 Å². The van der Waals surface area contributed by atoms with Crippen molar-refractivity contribution in [2.24, 2.45) is 5.14 Å². The van der Waals surface area contributed by atoms with E-state index in [0.29, 0.717) is 16.8 Å². The summed E-state index contributed by atoms with van der Waals surface area (Å²) in [5.74, 6) is -0.393. The van der Waals surface area contributed by atoms with Crippen LogP contribution in [0.2, 0.25) is 0 Å². The predicted molar refractivity (Wildman–Crippen MR) is 76.9 cm³/mol. The first-order chi connectivity index (χ1) is 9.90. The van der Waals surface area contributed by atoms with Crippen LogP contribution in [0.1, 0.15) is 15.9 Å². The van der Waals surface area contributed by atoms with Crippen molar-refractivity contribution in [2.45, 2.75) is 4.90 Å². The molecule has 2 rings (SSSR count). The molecule has 0 bridgehead atoms. The maximum Gasteiger partial charge on any atom is 0.255 e. The van der Waals surface area contributed by atoms with Gasteiger partial charge in [0, 0.05) is 11.3 Å². The minimum absolute atomic E-state index is 0.0352. The van der Waals surface area contributed by atoms with E-state index < -0.39 is 15.9 Å². The van der Waals surface area contributed by atoms with Gasteiger partial charge in [-0.1, -0.05) is 6.07 Å². The number of anilines is 1. The maximum absolute atomic E-state index is 12.0. The number of rotatable bonds is 3. The number of nitrogens with zero attached hydrogens (tertiary/aromatic N) is 1. The Morgan fingerprint density at radius 2 is 1.81 bits per heavy atom. The van der Waals surface area contributed by atoms with Gasteiger partial charge in [0.15, 0.2) is 0 Å². The monoisotopic (exact) mass is 301 g/mol. The van der Waals surface area contributed by atoms with E-state index in [1.54, 1.807) is 18.2 Å². The molecule has 0 heterocycles. The Hall–Kier alpha value is -2.69. The van der Waals surface area contributed by atoms with Crippen LogP contribution < -0.4 is 10.5 Å². The predicted octanol–water partition coefficient (Wildman–Crippen LogP) is 1.46. The molecule has 6 nitrogen and oxygen atoms in total. The third kappa shape index (κ3) is 3.66. The van der Waals surface area contributed by atoms with Crippen molar-refractivity contribution in [3.8, 4) is 6.07 Å². The first-order valence-corrected chi connectivity index (χ1v) is 7.39. The summed E-state index contributed by atoms with van der Waals surface area (Å²) in [7, 11) is -3.76. The SMILES string of the molecule is N#Cc1cccc(C(=O)Nc2ccc(S(N)(=O)=O)cc2)c1. The fraction of sp³-hybridized carbons (Fsp3) is 0. The summed E-state index contributed by atoms with van der Waals surface area (Å²) in [5.41, 5.74) is 1.14. The highest BCUT2D eigenvalue weighted by molar-refractivity contribution is 7.89. The van der Waals surface area contributed by atoms with Crippen molar-refractivity contribution in [1.82, 2.24) is 0 Å². The van der Waals surface area contributed by atoms with E-state index in [9.17, 15) is 13.2 Å².